The van der Waals surface area contributed by atoms with Crippen molar-refractivity contribution in [2.45, 2.75) is 0 Å². The normalized spacial score (nSPS) is 15.0. The SMILES string of the molecule is Cn1c(C=C2C(=O)Nc3ccccc32)nc2ccccc2c1=O. The van der Waals surface area contributed by atoms with E-state index in [9.17, 15) is 9.59 Å². The van der Waals surface area contributed by atoms with Crippen molar-refractivity contribution in [2.24, 2.45) is 7.05 Å². The number of rotatable bonds is 1. The van der Waals surface area contributed by atoms with E-state index in [2.05, 4.69) is 10.3 Å². The lowest BCUT2D eigenvalue weighted by Crippen LogP contribution is -2.20. The zero-order valence-electron chi connectivity index (χ0n) is 12.4. The minimum atomic E-state index is -0.186. The summed E-state index contributed by atoms with van der Waals surface area (Å²) < 4.78 is 1.46. The third-order valence-corrected chi connectivity index (χ3v) is 4.00. The van der Waals surface area contributed by atoms with Crippen LogP contribution in [0.1, 0.15) is 11.4 Å². The highest BCUT2D eigenvalue weighted by molar-refractivity contribution is 6.34. The predicted molar refractivity (Wildman–Crippen MR) is 89.9 cm³/mol. The molecule has 0 fully saturated rings. The highest BCUT2D eigenvalue weighted by Crippen LogP contribution is 2.32. The lowest BCUT2D eigenvalue weighted by molar-refractivity contribution is -0.110. The average molecular weight is 303 g/mol. The molecule has 0 atom stereocenters. The summed E-state index contributed by atoms with van der Waals surface area (Å²) in [6.07, 6.45) is 1.66. The van der Waals surface area contributed by atoms with E-state index in [0.717, 1.165) is 11.3 Å². The number of hydrogen-bond donors (Lipinski definition) is 1. The van der Waals surface area contributed by atoms with Gasteiger partial charge in [-0.2, -0.15) is 0 Å². The maximum Gasteiger partial charge on any atom is 0.261 e. The number of amides is 1. The van der Waals surface area contributed by atoms with Gasteiger partial charge in [0.15, 0.2) is 0 Å². The summed E-state index contributed by atoms with van der Waals surface area (Å²) in [7, 11) is 1.66. The molecule has 1 N–H and O–H groups in total. The zero-order chi connectivity index (χ0) is 16.0. The van der Waals surface area contributed by atoms with Gasteiger partial charge in [0.2, 0.25) is 0 Å². The second kappa shape index (κ2) is 4.91. The molecule has 2 heterocycles. The average Bonchev–Trinajstić information content (AvgIpc) is 2.88. The molecular weight excluding hydrogens is 290 g/mol. The first-order valence-corrected chi connectivity index (χ1v) is 7.23. The number of anilines is 1. The predicted octanol–water partition coefficient (Wildman–Crippen LogP) is 2.43. The number of nitrogens with one attached hydrogen (secondary N) is 1. The van der Waals surface area contributed by atoms with Crippen LogP contribution < -0.4 is 10.9 Å². The molecule has 5 nitrogen and oxygen atoms in total. The molecule has 0 saturated heterocycles. The Hall–Kier alpha value is -3.21. The Balaban J connectivity index is 1.96. The van der Waals surface area contributed by atoms with Crippen molar-refractivity contribution < 1.29 is 4.79 Å². The molecule has 0 saturated carbocycles. The molecule has 23 heavy (non-hydrogen) atoms. The van der Waals surface area contributed by atoms with E-state index in [1.54, 1.807) is 25.3 Å². The summed E-state index contributed by atoms with van der Waals surface area (Å²) in [5, 5.41) is 3.38. The number of nitrogens with zero attached hydrogens (tertiary/aromatic N) is 2. The molecule has 4 rings (SSSR count). The molecule has 0 unspecified atom stereocenters. The first kappa shape index (κ1) is 13.5. The molecule has 112 valence electrons. The van der Waals surface area contributed by atoms with E-state index >= 15 is 0 Å². The Bertz CT molecular complexity index is 1050. The fourth-order valence-corrected chi connectivity index (χ4v) is 2.78. The number of aromatic nitrogens is 2. The third kappa shape index (κ3) is 2.05. The smallest absolute Gasteiger partial charge is 0.261 e. The van der Waals surface area contributed by atoms with Crippen molar-refractivity contribution in [1.29, 1.82) is 0 Å². The van der Waals surface area contributed by atoms with Gasteiger partial charge in [0.05, 0.1) is 16.5 Å². The molecule has 1 amide bonds. The van der Waals surface area contributed by atoms with Crippen LogP contribution in [0.3, 0.4) is 0 Å². The van der Waals surface area contributed by atoms with Crippen molar-refractivity contribution in [1.82, 2.24) is 9.55 Å². The number of carbonyl (C=O) groups is 1. The molecule has 3 aromatic rings. The molecule has 0 aliphatic carbocycles. The highest BCUT2D eigenvalue weighted by Gasteiger charge is 2.24. The quantitative estimate of drug-likeness (QED) is 0.702. The van der Waals surface area contributed by atoms with E-state index in [0.29, 0.717) is 22.3 Å². The Morgan fingerprint density at radius 1 is 1.04 bits per heavy atom. The second-order valence-corrected chi connectivity index (χ2v) is 5.41. The van der Waals surface area contributed by atoms with Gasteiger partial charge in [0.25, 0.3) is 11.5 Å². The van der Waals surface area contributed by atoms with Gasteiger partial charge in [-0.25, -0.2) is 4.98 Å². The lowest BCUT2D eigenvalue weighted by Gasteiger charge is -2.06. The van der Waals surface area contributed by atoms with Gasteiger partial charge >= 0.3 is 0 Å². The summed E-state index contributed by atoms with van der Waals surface area (Å²) in [6, 6.07) is 14.7. The van der Waals surface area contributed by atoms with Crippen molar-refractivity contribution in [3.8, 4) is 0 Å². The first-order valence-electron chi connectivity index (χ1n) is 7.23. The van der Waals surface area contributed by atoms with Crippen molar-refractivity contribution in [3.63, 3.8) is 0 Å². The summed E-state index contributed by atoms with van der Waals surface area (Å²) >= 11 is 0. The first-order chi connectivity index (χ1) is 11.1. The van der Waals surface area contributed by atoms with Crippen LogP contribution in [-0.2, 0) is 11.8 Å². The molecule has 0 spiro atoms. The molecule has 2 aromatic carbocycles. The van der Waals surface area contributed by atoms with E-state index in [-0.39, 0.29) is 11.5 Å². The van der Waals surface area contributed by atoms with Gasteiger partial charge in [0, 0.05) is 18.3 Å². The van der Waals surface area contributed by atoms with Crippen LogP contribution in [-0.4, -0.2) is 15.5 Å². The molecule has 1 aromatic heterocycles. The monoisotopic (exact) mass is 303 g/mol. The standard InChI is InChI=1S/C18H13N3O2/c1-21-16(19-15-9-5-3-7-12(15)18(21)23)10-13-11-6-2-4-8-14(11)20-17(13)22/h2-10H,1H3,(H,20,22). The van der Waals surface area contributed by atoms with Crippen LogP contribution in [0, 0.1) is 0 Å². The van der Waals surface area contributed by atoms with Crippen LogP contribution in [0.2, 0.25) is 0 Å². The molecule has 1 aliphatic rings. The van der Waals surface area contributed by atoms with E-state index < -0.39 is 0 Å². The maximum absolute atomic E-state index is 12.4. The van der Waals surface area contributed by atoms with Crippen LogP contribution in [0.25, 0.3) is 22.6 Å². The highest BCUT2D eigenvalue weighted by atomic mass is 16.2. The van der Waals surface area contributed by atoms with E-state index in [1.807, 2.05) is 36.4 Å². The number of para-hydroxylation sites is 2. The minimum absolute atomic E-state index is 0.130. The van der Waals surface area contributed by atoms with Crippen LogP contribution in [0.4, 0.5) is 5.69 Å². The van der Waals surface area contributed by atoms with Gasteiger partial charge in [-0.1, -0.05) is 30.3 Å². The summed E-state index contributed by atoms with van der Waals surface area (Å²) in [5.74, 6) is 0.268. The fraction of sp³-hybridized carbons (Fsp3) is 0.0556. The van der Waals surface area contributed by atoms with Crippen molar-refractivity contribution in [2.75, 3.05) is 5.32 Å². The molecule has 5 heteroatoms. The molecule has 0 bridgehead atoms. The van der Waals surface area contributed by atoms with Crippen LogP contribution in [0.5, 0.6) is 0 Å². The Morgan fingerprint density at radius 3 is 2.65 bits per heavy atom. The Morgan fingerprint density at radius 2 is 1.78 bits per heavy atom. The lowest BCUT2D eigenvalue weighted by atomic mass is 10.1. The van der Waals surface area contributed by atoms with Crippen molar-refractivity contribution in [3.05, 3.63) is 70.3 Å². The second-order valence-electron chi connectivity index (χ2n) is 5.41. The topological polar surface area (TPSA) is 64.0 Å². The number of fused-ring (bicyclic) bond motifs is 2. The van der Waals surface area contributed by atoms with Crippen LogP contribution >= 0.6 is 0 Å². The summed E-state index contributed by atoms with van der Waals surface area (Å²) in [4.78, 5) is 29.2. The zero-order valence-corrected chi connectivity index (χ0v) is 12.4. The largest absolute Gasteiger partial charge is 0.321 e. The molecule has 0 radical (unpaired) electrons. The van der Waals surface area contributed by atoms with Gasteiger partial charge < -0.3 is 5.32 Å². The number of carbonyl (C=O) groups excluding carboxylic acids is 1. The Labute approximate surface area is 131 Å². The molecular formula is C18H13N3O2. The van der Waals surface area contributed by atoms with Crippen molar-refractivity contribution >= 4 is 34.1 Å². The minimum Gasteiger partial charge on any atom is -0.321 e. The van der Waals surface area contributed by atoms with Gasteiger partial charge in [-0.05, 0) is 24.3 Å². The van der Waals surface area contributed by atoms with Gasteiger partial charge in [-0.3, -0.25) is 14.2 Å². The van der Waals surface area contributed by atoms with Gasteiger partial charge in [0.1, 0.15) is 5.82 Å². The Kier molecular flexibility index (Phi) is 2.87. The number of benzene rings is 2. The fourth-order valence-electron chi connectivity index (χ4n) is 2.78. The van der Waals surface area contributed by atoms with E-state index in [4.69, 9.17) is 0 Å². The third-order valence-electron chi connectivity index (χ3n) is 4.00. The van der Waals surface area contributed by atoms with E-state index in [1.165, 1.54) is 4.57 Å². The van der Waals surface area contributed by atoms with Crippen LogP contribution in [0.15, 0.2) is 53.3 Å². The maximum atomic E-state index is 12.4. The summed E-state index contributed by atoms with van der Waals surface area (Å²) in [6.45, 7) is 0. The van der Waals surface area contributed by atoms with Gasteiger partial charge in [-0.15, -0.1) is 0 Å². The molecule has 1 aliphatic heterocycles. The number of hydrogen-bond acceptors (Lipinski definition) is 3. The summed E-state index contributed by atoms with van der Waals surface area (Å²) in [5.41, 5.74) is 2.59.